The summed E-state index contributed by atoms with van der Waals surface area (Å²) in [5.41, 5.74) is 1.45. The van der Waals surface area contributed by atoms with Gasteiger partial charge in [-0.1, -0.05) is 91.9 Å². The maximum Gasteiger partial charge on any atom is 0.501 e. The van der Waals surface area contributed by atoms with E-state index in [1.165, 1.54) is 6.04 Å². The van der Waals surface area contributed by atoms with Crippen LogP contribution in [-0.2, 0) is 32.3 Å². The molecule has 7 nitrogen and oxygen atoms in total. The molecule has 0 aliphatic heterocycles. The van der Waals surface area contributed by atoms with Gasteiger partial charge in [-0.3, -0.25) is 9.59 Å². The minimum absolute atomic E-state index is 0.0200. The molecule has 0 saturated carbocycles. The SMILES string of the molecule is CC(C)C(C)(C)C(=O)OCCC[Si](C(C)C)(C(C)C)C(C)C.CC(C)O[Si](CCCOC(=O)C(C)(C)C(C)C)(OC(C)C)OC(C)C. The molecule has 9 heteroatoms. The Morgan fingerprint density at radius 1 is 0.489 bits per heavy atom. The van der Waals surface area contributed by atoms with Gasteiger partial charge in [0.25, 0.3) is 0 Å². The second-order valence-electron chi connectivity index (χ2n) is 17.0. The van der Waals surface area contributed by atoms with E-state index < -0.39 is 22.3 Å². The monoisotopic (exact) mass is 705 g/mol. The summed E-state index contributed by atoms with van der Waals surface area (Å²) < 4.78 is 29.5. The fraction of sp³-hybridized carbons (Fsp3) is 0.947. The lowest BCUT2D eigenvalue weighted by atomic mass is 9.81. The van der Waals surface area contributed by atoms with Gasteiger partial charge in [-0.2, -0.15) is 0 Å². The van der Waals surface area contributed by atoms with E-state index in [4.69, 9.17) is 22.8 Å². The first-order valence-electron chi connectivity index (χ1n) is 18.6. The number of ether oxygens (including phenoxy) is 2. The lowest BCUT2D eigenvalue weighted by Gasteiger charge is -2.43. The maximum absolute atomic E-state index is 12.3. The quantitative estimate of drug-likeness (QED) is 0.0668. The Kier molecular flexibility index (Phi) is 22.1. The zero-order valence-electron chi connectivity index (χ0n) is 34.7. The number of carbonyl (C=O) groups excluding carboxylic acids is 2. The molecule has 0 aromatic carbocycles. The highest BCUT2D eigenvalue weighted by atomic mass is 28.4. The van der Waals surface area contributed by atoms with Gasteiger partial charge in [-0.05, 0) is 93.9 Å². The molecule has 0 N–H and O–H groups in total. The van der Waals surface area contributed by atoms with Crippen molar-refractivity contribution < 1.29 is 32.3 Å². The van der Waals surface area contributed by atoms with E-state index in [1.807, 2.05) is 83.1 Å². The highest BCUT2D eigenvalue weighted by molar-refractivity contribution is 6.83. The number of carbonyl (C=O) groups is 2. The molecule has 0 atom stereocenters. The molecule has 0 spiro atoms. The Hall–Kier alpha value is -0.746. The van der Waals surface area contributed by atoms with Gasteiger partial charge in [0, 0.05) is 24.4 Å². The van der Waals surface area contributed by atoms with Crippen LogP contribution >= 0.6 is 0 Å². The second kappa shape index (κ2) is 21.5. The van der Waals surface area contributed by atoms with E-state index in [2.05, 4.69) is 55.4 Å². The summed E-state index contributed by atoms with van der Waals surface area (Å²) in [4.78, 5) is 24.5. The average Bonchev–Trinajstić information content (AvgIpc) is 2.89. The first kappa shape index (κ1) is 48.4. The highest BCUT2D eigenvalue weighted by Crippen LogP contribution is 2.45. The minimum atomic E-state index is -2.82. The topological polar surface area (TPSA) is 80.3 Å². The molecule has 47 heavy (non-hydrogen) atoms. The van der Waals surface area contributed by atoms with Crippen molar-refractivity contribution in [2.75, 3.05) is 13.2 Å². The second-order valence-corrected chi connectivity index (χ2v) is 25.8. The fourth-order valence-electron chi connectivity index (χ4n) is 6.04. The summed E-state index contributed by atoms with van der Waals surface area (Å²) in [5.74, 6) is 0.323. The fourth-order valence-corrected chi connectivity index (χ4v) is 15.8. The Balaban J connectivity index is 0. The molecule has 0 aromatic heterocycles. The van der Waals surface area contributed by atoms with Gasteiger partial charge < -0.3 is 22.8 Å². The molecule has 0 unspecified atom stereocenters. The van der Waals surface area contributed by atoms with Crippen LogP contribution in [0.15, 0.2) is 0 Å². The molecule has 0 aliphatic carbocycles. The van der Waals surface area contributed by atoms with Gasteiger partial charge >= 0.3 is 20.7 Å². The first-order chi connectivity index (χ1) is 21.2. The van der Waals surface area contributed by atoms with Crippen molar-refractivity contribution in [1.29, 1.82) is 0 Å². The third-order valence-electron chi connectivity index (χ3n) is 10.3. The van der Waals surface area contributed by atoms with Crippen LogP contribution in [0, 0.1) is 22.7 Å². The highest BCUT2D eigenvalue weighted by Gasteiger charge is 2.44. The van der Waals surface area contributed by atoms with Crippen LogP contribution in [-0.4, -0.2) is 60.3 Å². The van der Waals surface area contributed by atoms with Gasteiger partial charge in [0.05, 0.1) is 32.1 Å². The van der Waals surface area contributed by atoms with Crippen LogP contribution in [0.25, 0.3) is 0 Å². The zero-order chi connectivity index (χ0) is 37.6. The van der Waals surface area contributed by atoms with E-state index in [1.54, 1.807) is 0 Å². The molecular formula is C38H80O7Si2. The van der Waals surface area contributed by atoms with Gasteiger partial charge in [-0.25, -0.2) is 0 Å². The van der Waals surface area contributed by atoms with Crippen LogP contribution in [0.3, 0.4) is 0 Å². The van der Waals surface area contributed by atoms with Crippen LogP contribution in [0.2, 0.25) is 28.7 Å². The van der Waals surface area contributed by atoms with E-state index in [0.717, 1.165) is 23.0 Å². The van der Waals surface area contributed by atoms with E-state index in [9.17, 15) is 9.59 Å². The van der Waals surface area contributed by atoms with Gasteiger partial charge in [0.15, 0.2) is 0 Å². The number of rotatable bonds is 21. The normalized spacial score (nSPS) is 13.4. The van der Waals surface area contributed by atoms with Crippen molar-refractivity contribution in [3.63, 3.8) is 0 Å². The first-order valence-corrected chi connectivity index (χ1v) is 23.0. The zero-order valence-corrected chi connectivity index (χ0v) is 36.7. The van der Waals surface area contributed by atoms with Crippen molar-refractivity contribution >= 4 is 28.8 Å². The molecule has 0 amide bonds. The standard InChI is InChI=1S/C19H40O5Si.C19H40O2Si/c1-14(2)19(9,10)18(20)21-12-11-13-25(22-15(3)4,23-16(5)6)24-17(7)8;1-14(2)19(9,10)18(20)21-12-11-13-22(15(3)4,16(5)6)17(7)8/h14-17H,11-13H2,1-10H3;14-17H,11-13H2,1-10H3. The Morgan fingerprint density at radius 2 is 0.766 bits per heavy atom. The molecule has 282 valence electrons. The number of hydrogen-bond acceptors (Lipinski definition) is 7. The molecule has 0 fully saturated rings. The number of hydrogen-bond donors (Lipinski definition) is 0. The molecule has 0 bridgehead atoms. The van der Waals surface area contributed by atoms with Crippen molar-refractivity contribution in [2.24, 2.45) is 22.7 Å². The third-order valence-corrected chi connectivity index (χ3v) is 21.4. The molecule has 0 heterocycles. The predicted molar refractivity (Wildman–Crippen MR) is 203 cm³/mol. The van der Waals surface area contributed by atoms with Crippen LogP contribution < -0.4 is 0 Å². The van der Waals surface area contributed by atoms with Gasteiger partial charge in [0.2, 0.25) is 0 Å². The lowest BCUT2D eigenvalue weighted by molar-refractivity contribution is -0.157. The summed E-state index contributed by atoms with van der Waals surface area (Å²) in [7, 11) is -4.17. The van der Waals surface area contributed by atoms with E-state index in [0.29, 0.717) is 31.6 Å². The molecule has 0 aliphatic rings. The van der Waals surface area contributed by atoms with Crippen LogP contribution in [0.4, 0.5) is 0 Å². The predicted octanol–water partition coefficient (Wildman–Crippen LogP) is 11.1. The molecule has 0 rings (SSSR count). The molecule has 0 saturated heterocycles. The molecule has 0 radical (unpaired) electrons. The van der Waals surface area contributed by atoms with Gasteiger partial charge in [-0.15, -0.1) is 0 Å². The van der Waals surface area contributed by atoms with Crippen molar-refractivity contribution in [3.8, 4) is 0 Å². The Labute approximate surface area is 294 Å². The summed E-state index contributed by atoms with van der Waals surface area (Å²) in [5, 5.41) is 0. The summed E-state index contributed by atoms with van der Waals surface area (Å²) in [6.07, 6.45) is 1.74. The maximum atomic E-state index is 12.3. The lowest BCUT2D eigenvalue weighted by Crippen LogP contribution is -2.50. The van der Waals surface area contributed by atoms with Crippen molar-refractivity contribution in [1.82, 2.24) is 0 Å². The van der Waals surface area contributed by atoms with Gasteiger partial charge in [0.1, 0.15) is 0 Å². The Bertz CT molecular complexity index is 829. The summed E-state index contributed by atoms with van der Waals surface area (Å²) >= 11 is 0. The minimum Gasteiger partial charge on any atom is -0.465 e. The van der Waals surface area contributed by atoms with Crippen molar-refractivity contribution in [3.05, 3.63) is 0 Å². The molecule has 0 aromatic rings. The van der Waals surface area contributed by atoms with Crippen LogP contribution in [0.1, 0.15) is 151 Å². The summed E-state index contributed by atoms with van der Waals surface area (Å²) in [6.45, 7) is 43.2. The van der Waals surface area contributed by atoms with Crippen molar-refractivity contribution in [2.45, 2.75) is 198 Å². The molecular weight excluding hydrogens is 625 g/mol. The van der Waals surface area contributed by atoms with E-state index >= 15 is 0 Å². The largest absolute Gasteiger partial charge is 0.501 e. The average molecular weight is 705 g/mol. The van der Waals surface area contributed by atoms with Crippen LogP contribution in [0.5, 0.6) is 0 Å². The van der Waals surface area contributed by atoms with E-state index in [-0.39, 0.29) is 41.6 Å². The smallest absolute Gasteiger partial charge is 0.465 e. The third kappa shape index (κ3) is 16.2. The number of esters is 2. The Morgan fingerprint density at radius 3 is 1.00 bits per heavy atom. The summed E-state index contributed by atoms with van der Waals surface area (Å²) in [6, 6.07) is 1.90.